The maximum absolute atomic E-state index is 11.9. The Morgan fingerprint density at radius 1 is 0.828 bits per heavy atom. The van der Waals surface area contributed by atoms with Crippen molar-refractivity contribution in [3.05, 3.63) is 12.2 Å². The Balaban J connectivity index is 0. The van der Waals surface area contributed by atoms with Gasteiger partial charge in [0.25, 0.3) is 0 Å². The number of unbranched alkanes of at least 4 members (excludes halogenated alkanes) is 13. The number of amides is 1. The van der Waals surface area contributed by atoms with Gasteiger partial charge in [0.1, 0.15) is 0 Å². The Morgan fingerprint density at radius 3 is 1.79 bits per heavy atom. The fourth-order valence-corrected chi connectivity index (χ4v) is 3.71. The molecule has 0 unspecified atom stereocenters. The Morgan fingerprint density at radius 2 is 1.31 bits per heavy atom. The summed E-state index contributed by atoms with van der Waals surface area (Å²) in [6, 6.07) is 0. The van der Waals surface area contributed by atoms with E-state index in [1.807, 2.05) is 6.08 Å². The Kier molecular flexibility index (Phi) is 24.2. The van der Waals surface area contributed by atoms with Crippen LogP contribution in [0.5, 0.6) is 0 Å². The largest absolute Gasteiger partial charge is 1.00 e. The van der Waals surface area contributed by atoms with Gasteiger partial charge in [0, 0.05) is 19.3 Å². The van der Waals surface area contributed by atoms with Gasteiger partial charge in [-0.05, 0) is 31.8 Å². The number of carbonyl (C=O) groups is 1. The first kappa shape index (κ1) is 31.9. The zero-order valence-electron chi connectivity index (χ0n) is 19.2. The van der Waals surface area contributed by atoms with Crippen LogP contribution in [0.1, 0.15) is 103 Å². The minimum Gasteiger partial charge on any atom is -0.748 e. The maximum atomic E-state index is 11.9. The molecule has 0 saturated carbocycles. The molecule has 166 valence electrons. The van der Waals surface area contributed by atoms with E-state index in [4.69, 9.17) is 0 Å². The molecule has 0 rings (SSSR count). The summed E-state index contributed by atoms with van der Waals surface area (Å²) in [5.41, 5.74) is 0. The van der Waals surface area contributed by atoms with Crippen LogP contribution in [-0.4, -0.2) is 43.1 Å². The monoisotopic (exact) mass is 455 g/mol. The average Bonchev–Trinajstić information content (AvgIpc) is 2.64. The van der Waals surface area contributed by atoms with Crippen LogP contribution in [0.4, 0.5) is 0 Å². The minimum absolute atomic E-state index is 0. The van der Waals surface area contributed by atoms with Gasteiger partial charge in [-0.3, -0.25) is 4.79 Å². The van der Waals surface area contributed by atoms with Crippen LogP contribution in [0.3, 0.4) is 0 Å². The van der Waals surface area contributed by atoms with Gasteiger partial charge in [0.2, 0.25) is 5.91 Å². The van der Waals surface area contributed by atoms with E-state index in [0.717, 1.165) is 12.8 Å². The first-order chi connectivity index (χ1) is 13.4. The summed E-state index contributed by atoms with van der Waals surface area (Å²) >= 11 is 0. The number of hydrogen-bond acceptors (Lipinski definition) is 4. The van der Waals surface area contributed by atoms with E-state index in [2.05, 4.69) is 6.92 Å². The molecule has 29 heavy (non-hydrogen) atoms. The number of rotatable bonds is 19. The molecule has 0 atom stereocenters. The van der Waals surface area contributed by atoms with E-state index in [9.17, 15) is 17.8 Å². The second-order valence-electron chi connectivity index (χ2n) is 7.81. The topological polar surface area (TPSA) is 77.5 Å². The summed E-state index contributed by atoms with van der Waals surface area (Å²) < 4.78 is 31.6. The summed E-state index contributed by atoms with van der Waals surface area (Å²) in [5, 5.41) is 0. The quantitative estimate of drug-likeness (QED) is 0.130. The molecule has 0 aromatic heterocycles. The summed E-state index contributed by atoms with van der Waals surface area (Å²) in [7, 11) is -2.45. The van der Waals surface area contributed by atoms with Crippen molar-refractivity contribution in [3.63, 3.8) is 0 Å². The van der Waals surface area contributed by atoms with Crippen molar-refractivity contribution in [2.45, 2.75) is 103 Å². The standard InChI is InChI=1S/C22H43NO4S.K/c1-3-4-5-6-7-8-9-10-11-12-13-14-15-16-19-22(24)23(2)20-17-18-21-28(25,26)27;/h16,19H,3-15,17-18,20-21H2,1-2H3,(H,25,26,27);/q;+1/p-1/b19-16+;. The molecule has 1 amide bonds. The van der Waals surface area contributed by atoms with E-state index in [1.54, 1.807) is 18.0 Å². The van der Waals surface area contributed by atoms with Crippen molar-refractivity contribution >= 4 is 16.0 Å². The number of likely N-dealkylation sites (N-methyl/N-ethyl adjacent to an activating group) is 1. The summed E-state index contributed by atoms with van der Waals surface area (Å²) in [6.45, 7) is 2.72. The maximum Gasteiger partial charge on any atom is 1.00 e. The fraction of sp³-hybridized carbons (Fsp3) is 0.864. The molecule has 5 nitrogen and oxygen atoms in total. The normalized spacial score (nSPS) is 11.6. The van der Waals surface area contributed by atoms with Crippen molar-refractivity contribution in [2.75, 3.05) is 19.3 Å². The number of allylic oxidation sites excluding steroid dienone is 1. The van der Waals surface area contributed by atoms with E-state index >= 15 is 0 Å². The number of hydrogen-bond donors (Lipinski definition) is 0. The zero-order valence-corrected chi connectivity index (χ0v) is 23.1. The second-order valence-corrected chi connectivity index (χ2v) is 9.33. The smallest absolute Gasteiger partial charge is 0.748 e. The first-order valence-electron chi connectivity index (χ1n) is 11.2. The van der Waals surface area contributed by atoms with Crippen molar-refractivity contribution in [3.8, 4) is 0 Å². The van der Waals surface area contributed by atoms with Crippen LogP contribution in [-0.2, 0) is 14.9 Å². The molecule has 0 N–H and O–H groups in total. The summed E-state index contributed by atoms with van der Waals surface area (Å²) in [4.78, 5) is 13.5. The summed E-state index contributed by atoms with van der Waals surface area (Å²) in [6.07, 6.45) is 21.2. The van der Waals surface area contributed by atoms with Gasteiger partial charge >= 0.3 is 51.4 Å². The van der Waals surface area contributed by atoms with Crippen LogP contribution in [0, 0.1) is 0 Å². The Hall–Kier alpha value is 0.756. The van der Waals surface area contributed by atoms with Crippen molar-refractivity contribution < 1.29 is 69.1 Å². The molecule has 0 fully saturated rings. The van der Waals surface area contributed by atoms with Gasteiger partial charge in [0.15, 0.2) is 0 Å². The predicted molar refractivity (Wildman–Crippen MR) is 116 cm³/mol. The molecular formula is C22H42KNO4S. The Bertz CT molecular complexity index is 509. The molecule has 0 bridgehead atoms. The van der Waals surface area contributed by atoms with E-state index in [1.165, 1.54) is 70.6 Å². The summed E-state index contributed by atoms with van der Waals surface area (Å²) in [5.74, 6) is -0.423. The molecule has 0 spiro atoms. The van der Waals surface area contributed by atoms with E-state index < -0.39 is 10.1 Å². The van der Waals surface area contributed by atoms with Crippen LogP contribution >= 0.6 is 0 Å². The van der Waals surface area contributed by atoms with Gasteiger partial charge in [-0.2, -0.15) is 0 Å². The Labute approximate surface area is 222 Å². The SMILES string of the molecule is CCCCCCCCCCCCCC/C=C/C(=O)N(C)CCCCS(=O)(=O)[O-].[K+]. The number of carbonyl (C=O) groups excluding carboxylic acids is 1. The van der Waals surface area contributed by atoms with Crippen LogP contribution in [0.25, 0.3) is 0 Å². The molecule has 0 saturated heterocycles. The minimum atomic E-state index is -4.15. The van der Waals surface area contributed by atoms with Gasteiger partial charge in [-0.25, -0.2) is 8.42 Å². The van der Waals surface area contributed by atoms with Gasteiger partial charge in [-0.15, -0.1) is 0 Å². The fourth-order valence-electron chi connectivity index (χ4n) is 3.15. The molecular weight excluding hydrogens is 413 g/mol. The molecule has 7 heteroatoms. The molecule has 0 aliphatic rings. The van der Waals surface area contributed by atoms with Crippen molar-refractivity contribution in [2.24, 2.45) is 0 Å². The molecule has 0 aromatic carbocycles. The van der Waals surface area contributed by atoms with Gasteiger partial charge in [0.05, 0.1) is 10.1 Å². The average molecular weight is 456 g/mol. The van der Waals surface area contributed by atoms with Crippen LogP contribution in [0.2, 0.25) is 0 Å². The molecule has 0 aliphatic heterocycles. The molecule has 0 aromatic rings. The molecule has 0 radical (unpaired) electrons. The van der Waals surface area contributed by atoms with Gasteiger partial charge < -0.3 is 9.45 Å². The second kappa shape index (κ2) is 22.0. The predicted octanol–water partition coefficient (Wildman–Crippen LogP) is 2.42. The van der Waals surface area contributed by atoms with E-state index in [0.29, 0.717) is 19.4 Å². The van der Waals surface area contributed by atoms with Crippen molar-refractivity contribution in [1.29, 1.82) is 0 Å². The van der Waals surface area contributed by atoms with Gasteiger partial charge in [-0.1, -0.05) is 83.6 Å². The first-order valence-corrected chi connectivity index (χ1v) is 12.8. The molecule has 0 heterocycles. The third kappa shape index (κ3) is 24.9. The van der Waals surface area contributed by atoms with Crippen molar-refractivity contribution in [1.82, 2.24) is 4.90 Å². The third-order valence-electron chi connectivity index (χ3n) is 5.00. The zero-order chi connectivity index (χ0) is 21.1. The number of nitrogens with zero attached hydrogens (tertiary/aromatic N) is 1. The van der Waals surface area contributed by atoms with Crippen LogP contribution < -0.4 is 51.4 Å². The molecule has 0 aliphatic carbocycles. The van der Waals surface area contributed by atoms with E-state index in [-0.39, 0.29) is 63.0 Å². The third-order valence-corrected chi connectivity index (χ3v) is 5.79. The van der Waals surface area contributed by atoms with Crippen LogP contribution in [0.15, 0.2) is 12.2 Å².